The van der Waals surface area contributed by atoms with Gasteiger partial charge in [-0.2, -0.15) is 0 Å². The van der Waals surface area contributed by atoms with E-state index < -0.39 is 0 Å². The first kappa shape index (κ1) is 18.2. The lowest BCUT2D eigenvalue weighted by atomic mass is 10.1. The fraction of sp³-hybridized carbons (Fsp3) is 0.0833. The summed E-state index contributed by atoms with van der Waals surface area (Å²) in [6, 6.07) is 23.3. The van der Waals surface area contributed by atoms with E-state index in [4.69, 9.17) is 16.6 Å². The summed E-state index contributed by atoms with van der Waals surface area (Å²) in [6.45, 7) is 2.65. The molecule has 0 aliphatic rings. The minimum absolute atomic E-state index is 0.0369. The molecule has 4 aromatic rings. The molecule has 0 unspecified atom stereocenters. The second kappa shape index (κ2) is 7.83. The molecule has 0 fully saturated rings. The molecule has 1 aromatic heterocycles. The highest BCUT2D eigenvalue weighted by Gasteiger charge is 2.10. The molecule has 0 aliphatic heterocycles. The highest BCUT2D eigenvalue weighted by molar-refractivity contribution is 6.30. The number of ketones is 1. The maximum Gasteiger partial charge on any atom is 0.185 e. The molecule has 4 rings (SSSR count). The van der Waals surface area contributed by atoms with E-state index in [1.165, 1.54) is 0 Å². The zero-order valence-electron chi connectivity index (χ0n) is 15.5. The first-order chi connectivity index (χ1) is 13.6. The Labute approximate surface area is 168 Å². The van der Waals surface area contributed by atoms with Crippen LogP contribution in [0.15, 0.2) is 78.9 Å². The van der Waals surface area contributed by atoms with Crippen molar-refractivity contribution in [3.05, 3.63) is 106 Å². The van der Waals surface area contributed by atoms with Gasteiger partial charge in [0.05, 0.1) is 11.0 Å². The van der Waals surface area contributed by atoms with Crippen LogP contribution < -0.4 is 0 Å². The minimum atomic E-state index is -0.0369. The largest absolute Gasteiger partial charge is 0.320 e. The topological polar surface area (TPSA) is 34.9 Å². The third-order valence-electron chi connectivity index (χ3n) is 4.66. The standard InChI is InChI=1S/C24H19ClN2O/c1-17-6-10-19(11-7-17)23(28)14-15-24-26-21-4-2-3-5-22(21)27(24)16-18-8-12-20(25)13-9-18/h2-15H,16H2,1H3/b15-14+. The third-order valence-corrected chi connectivity index (χ3v) is 4.91. The van der Waals surface area contributed by atoms with E-state index in [1.54, 1.807) is 12.2 Å². The highest BCUT2D eigenvalue weighted by atomic mass is 35.5. The van der Waals surface area contributed by atoms with Crippen LogP contribution in [0.5, 0.6) is 0 Å². The van der Waals surface area contributed by atoms with Crippen LogP contribution in [0.25, 0.3) is 17.1 Å². The molecule has 3 aromatic carbocycles. The summed E-state index contributed by atoms with van der Waals surface area (Å²) in [5, 5.41) is 0.711. The van der Waals surface area contributed by atoms with Gasteiger partial charge in [0, 0.05) is 17.1 Å². The number of nitrogens with zero attached hydrogens (tertiary/aromatic N) is 2. The van der Waals surface area contributed by atoms with Crippen LogP contribution in [0, 0.1) is 6.92 Å². The van der Waals surface area contributed by atoms with Crippen molar-refractivity contribution in [2.45, 2.75) is 13.5 Å². The van der Waals surface area contributed by atoms with Gasteiger partial charge in [0.1, 0.15) is 5.82 Å². The fourth-order valence-corrected chi connectivity index (χ4v) is 3.25. The van der Waals surface area contributed by atoms with E-state index in [-0.39, 0.29) is 5.78 Å². The number of rotatable bonds is 5. The number of aromatic nitrogens is 2. The van der Waals surface area contributed by atoms with Gasteiger partial charge in [-0.05, 0) is 48.9 Å². The number of hydrogen-bond acceptors (Lipinski definition) is 2. The number of halogens is 1. The van der Waals surface area contributed by atoms with Crippen molar-refractivity contribution < 1.29 is 4.79 Å². The smallest absolute Gasteiger partial charge is 0.185 e. The van der Waals surface area contributed by atoms with E-state index >= 15 is 0 Å². The maximum atomic E-state index is 12.5. The Morgan fingerprint density at radius 2 is 1.71 bits per heavy atom. The Bertz CT molecular complexity index is 1160. The summed E-state index contributed by atoms with van der Waals surface area (Å²) in [4.78, 5) is 17.2. The third kappa shape index (κ3) is 3.90. The number of carbonyl (C=O) groups excluding carboxylic acids is 1. The molecular weight excluding hydrogens is 368 g/mol. The van der Waals surface area contributed by atoms with Gasteiger partial charge in [0.2, 0.25) is 0 Å². The van der Waals surface area contributed by atoms with Crippen LogP contribution in [-0.2, 0) is 6.54 Å². The van der Waals surface area contributed by atoms with Crippen LogP contribution >= 0.6 is 11.6 Å². The van der Waals surface area contributed by atoms with Crippen molar-refractivity contribution in [2.24, 2.45) is 0 Å². The monoisotopic (exact) mass is 386 g/mol. The van der Waals surface area contributed by atoms with Crippen molar-refractivity contribution in [1.82, 2.24) is 9.55 Å². The number of hydrogen-bond donors (Lipinski definition) is 0. The molecule has 0 radical (unpaired) electrons. The fourth-order valence-electron chi connectivity index (χ4n) is 3.12. The van der Waals surface area contributed by atoms with E-state index in [1.807, 2.05) is 79.7 Å². The van der Waals surface area contributed by atoms with Crippen molar-refractivity contribution in [3.63, 3.8) is 0 Å². The summed E-state index contributed by atoms with van der Waals surface area (Å²) < 4.78 is 2.11. The van der Waals surface area contributed by atoms with Gasteiger partial charge in [0.25, 0.3) is 0 Å². The Balaban J connectivity index is 1.68. The molecule has 4 heteroatoms. The van der Waals surface area contributed by atoms with Crippen molar-refractivity contribution >= 4 is 34.5 Å². The van der Waals surface area contributed by atoms with E-state index in [0.29, 0.717) is 17.1 Å². The number of fused-ring (bicyclic) bond motifs is 1. The predicted molar refractivity (Wildman–Crippen MR) is 115 cm³/mol. The average Bonchev–Trinajstić information content (AvgIpc) is 3.06. The van der Waals surface area contributed by atoms with Crippen LogP contribution in [0.1, 0.15) is 27.3 Å². The van der Waals surface area contributed by atoms with E-state index in [2.05, 4.69) is 4.57 Å². The Morgan fingerprint density at radius 1 is 1.00 bits per heavy atom. The Hall–Kier alpha value is -3.17. The zero-order valence-corrected chi connectivity index (χ0v) is 16.2. The van der Waals surface area contributed by atoms with Gasteiger partial charge in [-0.1, -0.05) is 65.7 Å². The number of imidazole rings is 1. The number of aryl methyl sites for hydroxylation is 1. The van der Waals surface area contributed by atoms with E-state index in [9.17, 15) is 4.79 Å². The van der Waals surface area contributed by atoms with Crippen molar-refractivity contribution in [1.29, 1.82) is 0 Å². The van der Waals surface area contributed by atoms with Crippen LogP contribution in [-0.4, -0.2) is 15.3 Å². The van der Waals surface area contributed by atoms with E-state index in [0.717, 1.165) is 28.0 Å². The molecule has 3 nitrogen and oxygen atoms in total. The SMILES string of the molecule is Cc1ccc(C(=O)/C=C/c2nc3ccccc3n2Cc2ccc(Cl)cc2)cc1. The number of carbonyl (C=O) groups is 1. The highest BCUT2D eigenvalue weighted by Crippen LogP contribution is 2.20. The van der Waals surface area contributed by atoms with Crippen LogP contribution in [0.2, 0.25) is 5.02 Å². The number of para-hydroxylation sites is 2. The summed E-state index contributed by atoms with van der Waals surface area (Å²) in [5.41, 5.74) is 4.85. The lowest BCUT2D eigenvalue weighted by Gasteiger charge is -2.07. The van der Waals surface area contributed by atoms with Gasteiger partial charge < -0.3 is 4.57 Å². The maximum absolute atomic E-state index is 12.5. The Morgan fingerprint density at radius 3 is 2.46 bits per heavy atom. The molecule has 0 amide bonds. The molecule has 138 valence electrons. The predicted octanol–water partition coefficient (Wildman–Crippen LogP) is 5.94. The summed E-state index contributed by atoms with van der Waals surface area (Å²) in [5.74, 6) is 0.710. The van der Waals surface area contributed by atoms with Crippen LogP contribution in [0.4, 0.5) is 0 Å². The number of benzene rings is 3. The second-order valence-corrected chi connectivity index (χ2v) is 7.17. The molecule has 0 N–H and O–H groups in total. The average molecular weight is 387 g/mol. The first-order valence-corrected chi connectivity index (χ1v) is 9.47. The molecule has 0 spiro atoms. The molecule has 0 aliphatic carbocycles. The summed E-state index contributed by atoms with van der Waals surface area (Å²) in [7, 11) is 0. The van der Waals surface area contributed by atoms with Gasteiger partial charge >= 0.3 is 0 Å². The second-order valence-electron chi connectivity index (χ2n) is 6.73. The Kier molecular flexibility index (Phi) is 5.09. The molecule has 0 saturated carbocycles. The molecule has 1 heterocycles. The normalized spacial score (nSPS) is 11.4. The van der Waals surface area contributed by atoms with Crippen molar-refractivity contribution in [2.75, 3.05) is 0 Å². The van der Waals surface area contributed by atoms with Gasteiger partial charge in [0.15, 0.2) is 5.78 Å². The quantitative estimate of drug-likeness (QED) is 0.314. The molecule has 0 atom stereocenters. The summed E-state index contributed by atoms with van der Waals surface area (Å²) >= 11 is 6.00. The minimum Gasteiger partial charge on any atom is -0.320 e. The van der Waals surface area contributed by atoms with Gasteiger partial charge in [-0.15, -0.1) is 0 Å². The van der Waals surface area contributed by atoms with Crippen LogP contribution in [0.3, 0.4) is 0 Å². The van der Waals surface area contributed by atoms with Gasteiger partial charge in [-0.25, -0.2) is 4.98 Å². The zero-order chi connectivity index (χ0) is 19.5. The lowest BCUT2D eigenvalue weighted by Crippen LogP contribution is -2.02. The molecular formula is C24H19ClN2O. The molecule has 28 heavy (non-hydrogen) atoms. The van der Waals surface area contributed by atoms with Crippen molar-refractivity contribution in [3.8, 4) is 0 Å². The number of allylic oxidation sites excluding steroid dienone is 1. The summed E-state index contributed by atoms with van der Waals surface area (Å²) in [6.07, 6.45) is 3.38. The first-order valence-electron chi connectivity index (χ1n) is 9.09. The molecule has 0 bridgehead atoms. The lowest BCUT2D eigenvalue weighted by molar-refractivity contribution is 0.104. The van der Waals surface area contributed by atoms with Gasteiger partial charge in [-0.3, -0.25) is 4.79 Å². The molecule has 0 saturated heterocycles.